The average molecular weight is 594 g/mol. The summed E-state index contributed by atoms with van der Waals surface area (Å²) in [6.45, 7) is 7.90. The van der Waals surface area contributed by atoms with Crippen molar-refractivity contribution in [2.75, 3.05) is 24.2 Å². The minimum atomic E-state index is -3.59. The summed E-state index contributed by atoms with van der Waals surface area (Å²) in [4.78, 5) is 29.1. The molecule has 3 aromatic rings. The zero-order valence-corrected chi connectivity index (χ0v) is 26.3. The maximum Gasteiger partial charge on any atom is 0.243 e. The molecule has 0 saturated carbocycles. The maximum atomic E-state index is 14.0. The number of benzene rings is 3. The molecule has 9 heteroatoms. The van der Waals surface area contributed by atoms with Crippen LogP contribution in [0.5, 0.6) is 5.75 Å². The Morgan fingerprint density at radius 2 is 1.62 bits per heavy atom. The van der Waals surface area contributed by atoms with Gasteiger partial charge in [0.25, 0.3) is 0 Å². The number of hydrogen-bond donors (Lipinski definition) is 1. The molecule has 8 nitrogen and oxygen atoms in total. The summed E-state index contributed by atoms with van der Waals surface area (Å²) in [7, 11) is -2.00. The highest BCUT2D eigenvalue weighted by atomic mass is 32.2. The van der Waals surface area contributed by atoms with E-state index in [2.05, 4.69) is 5.32 Å². The topological polar surface area (TPSA) is 96.0 Å². The molecule has 0 aliphatic rings. The predicted octanol–water partition coefficient (Wildman–Crippen LogP) is 5.02. The normalized spacial score (nSPS) is 12.1. The Balaban J connectivity index is 1.92. The van der Waals surface area contributed by atoms with Crippen molar-refractivity contribution < 1.29 is 22.7 Å². The van der Waals surface area contributed by atoms with E-state index in [1.165, 1.54) is 10.6 Å². The molecule has 3 aromatic carbocycles. The van der Waals surface area contributed by atoms with Crippen LogP contribution in [0.4, 0.5) is 5.69 Å². The highest BCUT2D eigenvalue weighted by Gasteiger charge is 2.31. The van der Waals surface area contributed by atoms with E-state index in [0.717, 1.165) is 22.3 Å². The number of carbonyl (C=O) groups is 2. The summed E-state index contributed by atoms with van der Waals surface area (Å²) in [5.74, 6) is 0.189. The number of methoxy groups -OCH3 is 1. The summed E-state index contributed by atoms with van der Waals surface area (Å²) < 4.78 is 32.3. The molecule has 0 aliphatic carbocycles. The Hall–Kier alpha value is -3.85. The third kappa shape index (κ3) is 9.34. The molecule has 3 rings (SSSR count). The summed E-state index contributed by atoms with van der Waals surface area (Å²) in [5.41, 5.74) is 4.15. The number of aryl methyl sites for hydroxylation is 2. The molecule has 0 aromatic heterocycles. The lowest BCUT2D eigenvalue weighted by atomic mass is 10.0. The number of nitrogens with one attached hydrogen (secondary N) is 1. The SMILES string of the molecule is COc1cccc(CN(C(=O)CCCN(c2cc(C)ccc2C)S(C)(=O)=O)[C@@H](Cc2ccccc2)C(=O)NC(C)C)c1. The zero-order chi connectivity index (χ0) is 30.9. The number of nitrogens with zero attached hydrogens (tertiary/aromatic N) is 2. The van der Waals surface area contributed by atoms with Crippen molar-refractivity contribution in [2.24, 2.45) is 0 Å². The van der Waals surface area contributed by atoms with Gasteiger partial charge in [0, 0.05) is 32.0 Å². The van der Waals surface area contributed by atoms with E-state index < -0.39 is 16.1 Å². The van der Waals surface area contributed by atoms with Crippen LogP contribution in [0.3, 0.4) is 0 Å². The van der Waals surface area contributed by atoms with Crippen LogP contribution in [0.15, 0.2) is 72.8 Å². The molecule has 1 atom stereocenters. The van der Waals surface area contributed by atoms with Crippen molar-refractivity contribution >= 4 is 27.5 Å². The molecule has 0 saturated heterocycles. The van der Waals surface area contributed by atoms with Gasteiger partial charge in [-0.3, -0.25) is 13.9 Å². The Bertz CT molecular complexity index is 1460. The van der Waals surface area contributed by atoms with E-state index in [1.54, 1.807) is 12.0 Å². The van der Waals surface area contributed by atoms with Crippen molar-refractivity contribution in [1.82, 2.24) is 10.2 Å². The first-order valence-corrected chi connectivity index (χ1v) is 16.1. The Morgan fingerprint density at radius 1 is 0.929 bits per heavy atom. The molecule has 0 fully saturated rings. The minimum absolute atomic E-state index is 0.0705. The van der Waals surface area contributed by atoms with E-state index in [4.69, 9.17) is 4.74 Å². The van der Waals surface area contributed by atoms with E-state index in [0.29, 0.717) is 17.9 Å². The largest absolute Gasteiger partial charge is 0.497 e. The van der Waals surface area contributed by atoms with Gasteiger partial charge in [-0.1, -0.05) is 54.6 Å². The third-order valence-electron chi connectivity index (χ3n) is 6.97. The smallest absolute Gasteiger partial charge is 0.243 e. The van der Waals surface area contributed by atoms with Gasteiger partial charge in [0.15, 0.2) is 0 Å². The Kier molecular flexibility index (Phi) is 11.6. The summed E-state index contributed by atoms with van der Waals surface area (Å²) in [6.07, 6.45) is 1.88. The monoisotopic (exact) mass is 593 g/mol. The standard InChI is InChI=1S/C33H43N3O5S/c1-24(2)34-33(38)31(22-27-12-8-7-9-13-27)35(23-28-14-10-15-29(21-28)41-5)32(37)16-11-19-36(42(6,39)40)30-20-25(3)17-18-26(30)4/h7-10,12-15,17-18,20-21,24,31H,11,16,19,22-23H2,1-6H3,(H,34,38)/t31-/m0/s1. The fourth-order valence-corrected chi connectivity index (χ4v) is 5.89. The second-order valence-corrected chi connectivity index (χ2v) is 12.9. The van der Waals surface area contributed by atoms with Crippen molar-refractivity contribution in [3.05, 3.63) is 95.1 Å². The van der Waals surface area contributed by atoms with Crippen LogP contribution in [-0.2, 0) is 32.6 Å². The van der Waals surface area contributed by atoms with Crippen LogP contribution in [-0.4, -0.2) is 57.1 Å². The van der Waals surface area contributed by atoms with Gasteiger partial charge in [-0.25, -0.2) is 8.42 Å². The van der Waals surface area contributed by atoms with Gasteiger partial charge in [-0.2, -0.15) is 0 Å². The number of amides is 2. The average Bonchev–Trinajstić information content (AvgIpc) is 2.94. The summed E-state index contributed by atoms with van der Waals surface area (Å²) in [5, 5.41) is 2.99. The predicted molar refractivity (Wildman–Crippen MR) is 168 cm³/mol. The molecule has 0 radical (unpaired) electrons. The van der Waals surface area contributed by atoms with Crippen molar-refractivity contribution in [3.63, 3.8) is 0 Å². The first-order valence-electron chi connectivity index (χ1n) is 14.2. The molecule has 0 aliphatic heterocycles. The quantitative estimate of drug-likeness (QED) is 0.283. The van der Waals surface area contributed by atoms with Crippen molar-refractivity contribution in [2.45, 2.75) is 65.6 Å². The van der Waals surface area contributed by atoms with E-state index in [-0.39, 0.29) is 43.8 Å². The third-order valence-corrected chi connectivity index (χ3v) is 8.15. The molecule has 0 bridgehead atoms. The number of anilines is 1. The first-order chi connectivity index (χ1) is 19.9. The van der Waals surface area contributed by atoms with Crippen LogP contribution in [0.1, 0.15) is 48.9 Å². The van der Waals surface area contributed by atoms with Crippen LogP contribution in [0.2, 0.25) is 0 Å². The number of hydrogen-bond acceptors (Lipinski definition) is 5. The van der Waals surface area contributed by atoms with Crippen LogP contribution >= 0.6 is 0 Å². The Morgan fingerprint density at radius 3 is 2.26 bits per heavy atom. The van der Waals surface area contributed by atoms with Gasteiger partial charge < -0.3 is 15.0 Å². The second-order valence-electron chi connectivity index (χ2n) is 11.0. The number of sulfonamides is 1. The van der Waals surface area contributed by atoms with Gasteiger partial charge in [0.2, 0.25) is 21.8 Å². The van der Waals surface area contributed by atoms with Crippen LogP contribution < -0.4 is 14.4 Å². The fourth-order valence-electron chi connectivity index (χ4n) is 4.87. The molecule has 2 amide bonds. The number of carbonyl (C=O) groups excluding carboxylic acids is 2. The van der Waals surface area contributed by atoms with Gasteiger partial charge in [0.1, 0.15) is 11.8 Å². The molecule has 42 heavy (non-hydrogen) atoms. The van der Waals surface area contributed by atoms with E-state index >= 15 is 0 Å². The van der Waals surface area contributed by atoms with Gasteiger partial charge in [-0.05, 0) is 74.6 Å². The highest BCUT2D eigenvalue weighted by Crippen LogP contribution is 2.25. The lowest BCUT2D eigenvalue weighted by Gasteiger charge is -2.32. The van der Waals surface area contributed by atoms with Gasteiger partial charge in [0.05, 0.1) is 19.1 Å². The van der Waals surface area contributed by atoms with E-state index in [9.17, 15) is 18.0 Å². The van der Waals surface area contributed by atoms with Gasteiger partial charge >= 0.3 is 0 Å². The Labute approximate surface area is 250 Å². The maximum absolute atomic E-state index is 14.0. The fraction of sp³-hybridized carbons (Fsp3) is 0.394. The number of rotatable bonds is 14. The molecule has 226 valence electrons. The van der Waals surface area contributed by atoms with Gasteiger partial charge in [-0.15, -0.1) is 0 Å². The minimum Gasteiger partial charge on any atom is -0.497 e. The second kappa shape index (κ2) is 14.9. The zero-order valence-electron chi connectivity index (χ0n) is 25.5. The van der Waals surface area contributed by atoms with Crippen molar-refractivity contribution in [3.8, 4) is 5.75 Å². The molecule has 0 unspecified atom stereocenters. The van der Waals surface area contributed by atoms with Crippen LogP contribution in [0.25, 0.3) is 0 Å². The molecule has 0 spiro atoms. The molecule has 0 heterocycles. The lowest BCUT2D eigenvalue weighted by Crippen LogP contribution is -2.51. The summed E-state index contributed by atoms with van der Waals surface area (Å²) in [6, 6.07) is 21.9. The van der Waals surface area contributed by atoms with Crippen molar-refractivity contribution in [1.29, 1.82) is 0 Å². The van der Waals surface area contributed by atoms with E-state index in [1.807, 2.05) is 100 Å². The molecular formula is C33H43N3O5S. The molecule has 1 N–H and O–H groups in total. The van der Waals surface area contributed by atoms with Crippen LogP contribution in [0, 0.1) is 13.8 Å². The first kappa shape index (κ1) is 32.7. The molecular weight excluding hydrogens is 550 g/mol. The highest BCUT2D eigenvalue weighted by molar-refractivity contribution is 7.92. The number of ether oxygens (including phenoxy) is 1. The lowest BCUT2D eigenvalue weighted by molar-refractivity contribution is -0.141. The summed E-state index contributed by atoms with van der Waals surface area (Å²) >= 11 is 0.